The predicted octanol–water partition coefficient (Wildman–Crippen LogP) is 1.34. The predicted molar refractivity (Wildman–Crippen MR) is 71.2 cm³/mol. The molecule has 3 saturated heterocycles. The van der Waals surface area contributed by atoms with Gasteiger partial charge in [-0.15, -0.1) is 0 Å². The molecular formula is C14H27N3. The highest BCUT2D eigenvalue weighted by atomic mass is 15.2. The van der Waals surface area contributed by atoms with E-state index < -0.39 is 0 Å². The zero-order valence-electron chi connectivity index (χ0n) is 11.1. The number of nitrogens with zero attached hydrogens (tertiary/aromatic N) is 1. The molecule has 3 fully saturated rings. The van der Waals surface area contributed by atoms with Gasteiger partial charge in [-0.1, -0.05) is 0 Å². The van der Waals surface area contributed by atoms with Crippen LogP contribution in [0.25, 0.3) is 0 Å². The van der Waals surface area contributed by atoms with Gasteiger partial charge in [-0.3, -0.25) is 4.90 Å². The SMILES string of the molecule is CC(CC1CCCN1)NC1CCN2CCCC12. The van der Waals surface area contributed by atoms with E-state index in [9.17, 15) is 0 Å². The Hall–Kier alpha value is -0.120. The molecule has 0 bridgehead atoms. The number of fused-ring (bicyclic) bond motifs is 1. The van der Waals surface area contributed by atoms with E-state index in [-0.39, 0.29) is 0 Å². The van der Waals surface area contributed by atoms with Crippen LogP contribution >= 0.6 is 0 Å². The summed E-state index contributed by atoms with van der Waals surface area (Å²) in [7, 11) is 0. The molecule has 3 heteroatoms. The van der Waals surface area contributed by atoms with Crippen LogP contribution in [0.4, 0.5) is 0 Å². The molecule has 4 atom stereocenters. The fraction of sp³-hybridized carbons (Fsp3) is 1.00. The van der Waals surface area contributed by atoms with E-state index in [1.807, 2.05) is 0 Å². The van der Waals surface area contributed by atoms with Crippen molar-refractivity contribution in [1.29, 1.82) is 0 Å². The Morgan fingerprint density at radius 3 is 3.00 bits per heavy atom. The van der Waals surface area contributed by atoms with E-state index >= 15 is 0 Å². The van der Waals surface area contributed by atoms with Gasteiger partial charge in [0.05, 0.1) is 0 Å². The highest BCUT2D eigenvalue weighted by molar-refractivity contribution is 4.96. The third kappa shape index (κ3) is 2.67. The zero-order valence-corrected chi connectivity index (χ0v) is 11.1. The molecule has 0 aromatic heterocycles. The molecule has 0 spiro atoms. The summed E-state index contributed by atoms with van der Waals surface area (Å²) in [6, 6.07) is 3.08. The van der Waals surface area contributed by atoms with Crippen molar-refractivity contribution in [2.45, 2.75) is 69.6 Å². The molecule has 0 aliphatic carbocycles. The van der Waals surface area contributed by atoms with Crippen LogP contribution in [-0.2, 0) is 0 Å². The van der Waals surface area contributed by atoms with Crippen LogP contribution in [0, 0.1) is 0 Å². The Morgan fingerprint density at radius 2 is 2.18 bits per heavy atom. The van der Waals surface area contributed by atoms with Crippen molar-refractivity contribution in [3.63, 3.8) is 0 Å². The van der Waals surface area contributed by atoms with Crippen molar-refractivity contribution in [1.82, 2.24) is 15.5 Å². The Morgan fingerprint density at radius 1 is 1.24 bits per heavy atom. The average Bonchev–Trinajstić information content (AvgIpc) is 2.97. The fourth-order valence-electron chi connectivity index (χ4n) is 4.10. The summed E-state index contributed by atoms with van der Waals surface area (Å²) in [6.07, 6.45) is 8.27. The first-order chi connectivity index (χ1) is 8.33. The Bertz CT molecular complexity index is 250. The van der Waals surface area contributed by atoms with Crippen molar-refractivity contribution < 1.29 is 0 Å². The van der Waals surface area contributed by atoms with Gasteiger partial charge in [0.1, 0.15) is 0 Å². The summed E-state index contributed by atoms with van der Waals surface area (Å²) in [5.74, 6) is 0. The standard InChI is InChI=1S/C14H27N3/c1-11(10-12-4-2-7-15-12)16-13-6-9-17-8-3-5-14(13)17/h11-16H,2-10H2,1H3. The van der Waals surface area contributed by atoms with Crippen molar-refractivity contribution in [3.05, 3.63) is 0 Å². The van der Waals surface area contributed by atoms with E-state index in [1.54, 1.807) is 0 Å². The molecule has 0 aromatic carbocycles. The van der Waals surface area contributed by atoms with Crippen molar-refractivity contribution >= 4 is 0 Å². The average molecular weight is 237 g/mol. The first-order valence-corrected chi connectivity index (χ1v) is 7.56. The third-order valence-electron chi connectivity index (χ3n) is 4.91. The van der Waals surface area contributed by atoms with Gasteiger partial charge in [0.2, 0.25) is 0 Å². The summed E-state index contributed by atoms with van der Waals surface area (Å²) in [5.41, 5.74) is 0. The van der Waals surface area contributed by atoms with Crippen LogP contribution in [0.1, 0.15) is 45.4 Å². The van der Waals surface area contributed by atoms with E-state index in [0.29, 0.717) is 6.04 Å². The smallest absolute Gasteiger partial charge is 0.0250 e. The topological polar surface area (TPSA) is 27.3 Å². The van der Waals surface area contributed by atoms with Crippen LogP contribution in [0.2, 0.25) is 0 Å². The van der Waals surface area contributed by atoms with Gasteiger partial charge >= 0.3 is 0 Å². The summed E-state index contributed by atoms with van der Waals surface area (Å²) in [6.45, 7) is 6.28. The quantitative estimate of drug-likeness (QED) is 0.773. The lowest BCUT2D eigenvalue weighted by molar-refractivity contribution is 0.284. The number of rotatable bonds is 4. The maximum absolute atomic E-state index is 3.90. The summed E-state index contributed by atoms with van der Waals surface area (Å²) in [5, 5.41) is 7.50. The molecular weight excluding hydrogens is 210 g/mol. The molecule has 17 heavy (non-hydrogen) atoms. The van der Waals surface area contributed by atoms with Gasteiger partial charge in [0.15, 0.2) is 0 Å². The minimum absolute atomic E-state index is 0.677. The maximum Gasteiger partial charge on any atom is 0.0250 e. The monoisotopic (exact) mass is 237 g/mol. The van der Waals surface area contributed by atoms with Gasteiger partial charge in [-0.05, 0) is 58.5 Å². The van der Waals surface area contributed by atoms with Crippen LogP contribution in [0.5, 0.6) is 0 Å². The van der Waals surface area contributed by atoms with Gasteiger partial charge < -0.3 is 10.6 Å². The molecule has 3 rings (SSSR count). The third-order valence-corrected chi connectivity index (χ3v) is 4.91. The molecule has 3 aliphatic rings. The van der Waals surface area contributed by atoms with Crippen molar-refractivity contribution in [2.24, 2.45) is 0 Å². The molecule has 3 aliphatic heterocycles. The summed E-state index contributed by atoms with van der Waals surface area (Å²) in [4.78, 5) is 2.69. The number of nitrogens with one attached hydrogen (secondary N) is 2. The van der Waals surface area contributed by atoms with Gasteiger partial charge in [-0.25, -0.2) is 0 Å². The van der Waals surface area contributed by atoms with Crippen molar-refractivity contribution in [2.75, 3.05) is 19.6 Å². The molecule has 0 saturated carbocycles. The maximum atomic E-state index is 3.90. The number of hydrogen-bond donors (Lipinski definition) is 2. The summed E-state index contributed by atoms with van der Waals surface area (Å²) < 4.78 is 0. The largest absolute Gasteiger partial charge is 0.314 e. The highest BCUT2D eigenvalue weighted by Gasteiger charge is 2.37. The van der Waals surface area contributed by atoms with Crippen LogP contribution in [-0.4, -0.2) is 48.7 Å². The molecule has 3 nitrogen and oxygen atoms in total. The van der Waals surface area contributed by atoms with E-state index in [1.165, 1.54) is 58.2 Å². The molecule has 4 unspecified atom stereocenters. The lowest BCUT2D eigenvalue weighted by Gasteiger charge is -2.26. The second kappa shape index (κ2) is 5.25. The van der Waals surface area contributed by atoms with Crippen LogP contribution in [0.3, 0.4) is 0 Å². The molecule has 0 radical (unpaired) electrons. The minimum Gasteiger partial charge on any atom is -0.314 e. The summed E-state index contributed by atoms with van der Waals surface area (Å²) >= 11 is 0. The second-order valence-corrected chi connectivity index (χ2v) is 6.24. The van der Waals surface area contributed by atoms with E-state index in [0.717, 1.165) is 18.1 Å². The van der Waals surface area contributed by atoms with E-state index in [2.05, 4.69) is 22.5 Å². The van der Waals surface area contributed by atoms with Crippen LogP contribution in [0.15, 0.2) is 0 Å². The lowest BCUT2D eigenvalue weighted by Crippen LogP contribution is -2.45. The zero-order chi connectivity index (χ0) is 11.7. The van der Waals surface area contributed by atoms with Gasteiger partial charge in [-0.2, -0.15) is 0 Å². The second-order valence-electron chi connectivity index (χ2n) is 6.24. The molecule has 0 aromatic rings. The highest BCUT2D eigenvalue weighted by Crippen LogP contribution is 2.28. The van der Waals surface area contributed by atoms with Crippen molar-refractivity contribution in [3.8, 4) is 0 Å². The number of hydrogen-bond acceptors (Lipinski definition) is 3. The molecule has 2 N–H and O–H groups in total. The first-order valence-electron chi connectivity index (χ1n) is 7.56. The fourth-order valence-corrected chi connectivity index (χ4v) is 4.10. The Labute approximate surface area is 105 Å². The Balaban J connectivity index is 1.46. The lowest BCUT2D eigenvalue weighted by atomic mass is 10.0. The molecule has 98 valence electrons. The van der Waals surface area contributed by atoms with Crippen LogP contribution < -0.4 is 10.6 Å². The molecule has 3 heterocycles. The minimum atomic E-state index is 0.677. The normalized spacial score (nSPS) is 39.7. The first kappa shape index (κ1) is 11.9. The Kier molecular flexibility index (Phi) is 3.69. The van der Waals surface area contributed by atoms with Gasteiger partial charge in [0.25, 0.3) is 0 Å². The molecule has 0 amide bonds. The van der Waals surface area contributed by atoms with E-state index in [4.69, 9.17) is 0 Å². The van der Waals surface area contributed by atoms with Gasteiger partial charge in [0, 0.05) is 30.7 Å².